The molecule has 0 bridgehead atoms. The fourth-order valence-corrected chi connectivity index (χ4v) is 5.45. The molecule has 4 rings (SSSR count). The summed E-state index contributed by atoms with van der Waals surface area (Å²) in [6.45, 7) is 2.57. The second-order valence-corrected chi connectivity index (χ2v) is 10.2. The Morgan fingerprint density at radius 1 is 1.03 bits per heavy atom. The highest BCUT2D eigenvalue weighted by molar-refractivity contribution is 7.92. The lowest BCUT2D eigenvalue weighted by Gasteiger charge is -2.26. The fourth-order valence-electron chi connectivity index (χ4n) is 4.21. The Bertz CT molecular complexity index is 1260. The van der Waals surface area contributed by atoms with Crippen LogP contribution in [-0.4, -0.2) is 39.9 Å². The number of anilines is 1. The van der Waals surface area contributed by atoms with Crippen LogP contribution in [-0.2, 0) is 10.0 Å². The molecule has 6 nitrogen and oxygen atoms in total. The first-order valence-electron chi connectivity index (χ1n) is 10.9. The zero-order chi connectivity index (χ0) is 23.6. The molecule has 1 aliphatic heterocycles. The summed E-state index contributed by atoms with van der Waals surface area (Å²) in [5, 5.41) is 0. The van der Waals surface area contributed by atoms with Gasteiger partial charge in [-0.3, -0.25) is 9.10 Å². The van der Waals surface area contributed by atoms with Crippen molar-refractivity contribution in [2.45, 2.75) is 30.7 Å². The van der Waals surface area contributed by atoms with Crippen LogP contribution in [0.3, 0.4) is 0 Å². The van der Waals surface area contributed by atoms with Crippen molar-refractivity contribution < 1.29 is 17.9 Å². The topological polar surface area (TPSA) is 66.9 Å². The van der Waals surface area contributed by atoms with E-state index in [4.69, 9.17) is 4.74 Å². The minimum absolute atomic E-state index is 0.0666. The Balaban J connectivity index is 1.61. The number of benzene rings is 3. The fraction of sp³-hybridized carbons (Fsp3) is 0.269. The van der Waals surface area contributed by atoms with Crippen LogP contribution in [0.4, 0.5) is 5.69 Å². The van der Waals surface area contributed by atoms with Crippen molar-refractivity contribution >= 4 is 21.6 Å². The molecule has 1 saturated heterocycles. The summed E-state index contributed by atoms with van der Waals surface area (Å²) >= 11 is 0. The smallest absolute Gasteiger partial charge is 0.264 e. The standard InChI is InChI=1S/C26H28N2O4S/c1-19-12-14-22(15-13-19)27(2)33(30,31)24-10-5-8-21(18-24)26(29)28-16-6-11-25(28)20-7-4-9-23(17-20)32-3/h4-5,7-10,12-15,17-18,25H,6,11,16H2,1-3H3. The van der Waals surface area contributed by atoms with Crippen LogP contribution in [0.1, 0.15) is 40.4 Å². The molecule has 1 fully saturated rings. The quantitative estimate of drug-likeness (QED) is 0.525. The second kappa shape index (κ2) is 9.27. The van der Waals surface area contributed by atoms with Crippen molar-refractivity contribution in [1.82, 2.24) is 4.90 Å². The minimum Gasteiger partial charge on any atom is -0.497 e. The number of rotatable bonds is 6. The number of aryl methyl sites for hydroxylation is 1. The van der Waals surface area contributed by atoms with Gasteiger partial charge in [0.25, 0.3) is 15.9 Å². The van der Waals surface area contributed by atoms with Crippen molar-refractivity contribution in [2.75, 3.05) is 25.0 Å². The van der Waals surface area contributed by atoms with Crippen molar-refractivity contribution in [2.24, 2.45) is 0 Å². The van der Waals surface area contributed by atoms with Crippen LogP contribution < -0.4 is 9.04 Å². The molecule has 1 atom stereocenters. The van der Waals surface area contributed by atoms with Gasteiger partial charge in [-0.2, -0.15) is 0 Å². The van der Waals surface area contributed by atoms with Gasteiger partial charge in [0.05, 0.1) is 23.7 Å². The highest BCUT2D eigenvalue weighted by Gasteiger charge is 2.31. The number of hydrogen-bond acceptors (Lipinski definition) is 4. The summed E-state index contributed by atoms with van der Waals surface area (Å²) in [7, 11) is -0.670. The van der Waals surface area contributed by atoms with Gasteiger partial charge in [-0.05, 0) is 67.8 Å². The number of nitrogens with zero attached hydrogens (tertiary/aromatic N) is 2. The van der Waals surface area contributed by atoms with Gasteiger partial charge >= 0.3 is 0 Å². The van der Waals surface area contributed by atoms with Crippen LogP contribution in [0, 0.1) is 6.92 Å². The minimum atomic E-state index is -3.81. The molecular weight excluding hydrogens is 436 g/mol. The molecule has 172 valence electrons. The number of carbonyl (C=O) groups is 1. The normalized spacial score (nSPS) is 16.0. The number of likely N-dealkylation sites (tertiary alicyclic amines) is 1. The van der Waals surface area contributed by atoms with Gasteiger partial charge in [0.2, 0.25) is 0 Å². The van der Waals surface area contributed by atoms with Gasteiger partial charge < -0.3 is 9.64 Å². The molecule has 0 aliphatic carbocycles. The van der Waals surface area contributed by atoms with Gasteiger partial charge in [0.15, 0.2) is 0 Å². The van der Waals surface area contributed by atoms with E-state index in [0.29, 0.717) is 17.8 Å². The van der Waals surface area contributed by atoms with Crippen molar-refractivity contribution in [3.05, 3.63) is 89.5 Å². The van der Waals surface area contributed by atoms with Gasteiger partial charge in [-0.1, -0.05) is 35.9 Å². The van der Waals surface area contributed by atoms with Crippen molar-refractivity contribution in [3.63, 3.8) is 0 Å². The van der Waals surface area contributed by atoms with E-state index in [-0.39, 0.29) is 16.8 Å². The lowest BCUT2D eigenvalue weighted by Crippen LogP contribution is -2.31. The molecule has 1 unspecified atom stereocenters. The Morgan fingerprint density at radius 2 is 1.76 bits per heavy atom. The molecule has 0 N–H and O–H groups in total. The zero-order valence-corrected chi connectivity index (χ0v) is 19.9. The highest BCUT2D eigenvalue weighted by atomic mass is 32.2. The molecular formula is C26H28N2O4S. The lowest BCUT2D eigenvalue weighted by molar-refractivity contribution is 0.0735. The highest BCUT2D eigenvalue weighted by Crippen LogP contribution is 2.35. The van der Waals surface area contributed by atoms with Crippen LogP contribution in [0.2, 0.25) is 0 Å². The second-order valence-electron chi connectivity index (χ2n) is 8.27. The SMILES string of the molecule is COc1cccc(C2CCCN2C(=O)c2cccc(S(=O)(=O)N(C)c3ccc(C)cc3)c2)c1. The molecule has 1 aliphatic rings. The van der Waals surface area contributed by atoms with E-state index >= 15 is 0 Å². The molecule has 0 aromatic heterocycles. The predicted octanol–water partition coefficient (Wildman–Crippen LogP) is 4.81. The molecule has 3 aromatic rings. The van der Waals surface area contributed by atoms with Gasteiger partial charge in [-0.25, -0.2) is 8.42 Å². The molecule has 3 aromatic carbocycles. The Kier molecular flexibility index (Phi) is 6.42. The summed E-state index contributed by atoms with van der Waals surface area (Å²) in [5.74, 6) is 0.578. The molecule has 7 heteroatoms. The third kappa shape index (κ3) is 4.59. The number of sulfonamides is 1. The molecule has 1 heterocycles. The van der Waals surface area contributed by atoms with E-state index in [0.717, 1.165) is 29.7 Å². The lowest BCUT2D eigenvalue weighted by atomic mass is 10.0. The van der Waals surface area contributed by atoms with E-state index in [1.54, 1.807) is 31.4 Å². The third-order valence-corrected chi connectivity index (χ3v) is 7.91. The molecule has 33 heavy (non-hydrogen) atoms. The largest absolute Gasteiger partial charge is 0.497 e. The summed E-state index contributed by atoms with van der Waals surface area (Å²) in [4.78, 5) is 15.3. The summed E-state index contributed by atoms with van der Waals surface area (Å²) in [5.41, 5.74) is 2.99. The monoisotopic (exact) mass is 464 g/mol. The van der Waals surface area contributed by atoms with Crippen molar-refractivity contribution in [3.8, 4) is 5.75 Å². The van der Waals surface area contributed by atoms with Gasteiger partial charge in [-0.15, -0.1) is 0 Å². The number of carbonyl (C=O) groups excluding carboxylic acids is 1. The average molecular weight is 465 g/mol. The maximum Gasteiger partial charge on any atom is 0.264 e. The Morgan fingerprint density at radius 3 is 2.48 bits per heavy atom. The first-order chi connectivity index (χ1) is 15.8. The van der Waals surface area contributed by atoms with E-state index in [1.165, 1.54) is 23.5 Å². The number of amides is 1. The first kappa shape index (κ1) is 22.9. The van der Waals surface area contributed by atoms with Gasteiger partial charge in [0, 0.05) is 19.2 Å². The number of hydrogen-bond donors (Lipinski definition) is 0. The van der Waals surface area contributed by atoms with Crippen LogP contribution in [0.15, 0.2) is 77.7 Å². The van der Waals surface area contributed by atoms with Crippen LogP contribution in [0.5, 0.6) is 5.75 Å². The zero-order valence-electron chi connectivity index (χ0n) is 19.1. The molecule has 1 amide bonds. The summed E-state index contributed by atoms with van der Waals surface area (Å²) in [6, 6.07) is 21.3. The van der Waals surface area contributed by atoms with Crippen LogP contribution >= 0.6 is 0 Å². The number of methoxy groups -OCH3 is 1. The van der Waals surface area contributed by atoms with Crippen LogP contribution in [0.25, 0.3) is 0 Å². The van der Waals surface area contributed by atoms with E-state index in [1.807, 2.05) is 48.2 Å². The average Bonchev–Trinajstić information content (AvgIpc) is 3.34. The molecule has 0 radical (unpaired) electrons. The van der Waals surface area contributed by atoms with E-state index in [2.05, 4.69) is 0 Å². The van der Waals surface area contributed by atoms with E-state index in [9.17, 15) is 13.2 Å². The van der Waals surface area contributed by atoms with Gasteiger partial charge in [0.1, 0.15) is 5.75 Å². The number of ether oxygens (including phenoxy) is 1. The molecule has 0 saturated carbocycles. The van der Waals surface area contributed by atoms with E-state index < -0.39 is 10.0 Å². The first-order valence-corrected chi connectivity index (χ1v) is 12.4. The molecule has 0 spiro atoms. The van der Waals surface area contributed by atoms with Crippen molar-refractivity contribution in [1.29, 1.82) is 0 Å². The maximum absolute atomic E-state index is 13.4. The Labute approximate surface area is 195 Å². The predicted molar refractivity (Wildman–Crippen MR) is 129 cm³/mol. The summed E-state index contributed by atoms with van der Waals surface area (Å²) in [6.07, 6.45) is 1.74. The summed E-state index contributed by atoms with van der Waals surface area (Å²) < 4.78 is 33.1. The third-order valence-electron chi connectivity index (χ3n) is 6.13. The maximum atomic E-state index is 13.4. The Hall–Kier alpha value is -3.32.